The molecule has 0 radical (unpaired) electrons. The number of carbonyl (C=O) groups excluding carboxylic acids is 1. The highest BCUT2D eigenvalue weighted by atomic mass is 35.5. The third-order valence-corrected chi connectivity index (χ3v) is 4.87. The average molecular weight is 312 g/mol. The first-order chi connectivity index (χ1) is 9.54. The topological polar surface area (TPSA) is 20.3 Å². The van der Waals surface area contributed by atoms with Gasteiger partial charge in [0.25, 0.3) is 0 Å². The number of nitrogens with zero attached hydrogens (tertiary/aromatic N) is 1. The van der Waals surface area contributed by atoms with E-state index in [-0.39, 0.29) is 5.91 Å². The van der Waals surface area contributed by atoms with E-state index in [0.29, 0.717) is 17.6 Å². The molecule has 1 aliphatic rings. The summed E-state index contributed by atoms with van der Waals surface area (Å²) in [5.41, 5.74) is 1.22. The maximum Gasteiger partial charge on any atom is 0.232 e. The van der Waals surface area contributed by atoms with E-state index in [4.69, 9.17) is 11.6 Å². The van der Waals surface area contributed by atoms with Crippen LogP contribution in [-0.2, 0) is 10.5 Å². The number of hydrogen-bond acceptors (Lipinski definition) is 2. The molecule has 1 saturated heterocycles. The van der Waals surface area contributed by atoms with E-state index >= 15 is 0 Å². The second-order valence-corrected chi connectivity index (χ2v) is 7.29. The first-order valence-corrected chi connectivity index (χ1v) is 8.68. The quantitative estimate of drug-likeness (QED) is 0.835. The molecule has 2 rings (SSSR count). The van der Waals surface area contributed by atoms with Crippen molar-refractivity contribution >= 4 is 29.3 Å². The number of amides is 1. The molecule has 0 bridgehead atoms. The van der Waals surface area contributed by atoms with Crippen molar-refractivity contribution in [3.05, 3.63) is 34.9 Å². The Labute approximate surface area is 130 Å². The van der Waals surface area contributed by atoms with E-state index in [0.717, 1.165) is 23.9 Å². The molecule has 2 atom stereocenters. The molecular formula is C16H22ClNOS. The fourth-order valence-electron chi connectivity index (χ4n) is 2.79. The van der Waals surface area contributed by atoms with E-state index in [9.17, 15) is 4.79 Å². The zero-order valence-electron chi connectivity index (χ0n) is 12.1. The minimum Gasteiger partial charge on any atom is -0.341 e. The van der Waals surface area contributed by atoms with Gasteiger partial charge in [-0.3, -0.25) is 4.79 Å². The fraction of sp³-hybridized carbons (Fsp3) is 0.562. The lowest BCUT2D eigenvalue weighted by molar-refractivity contribution is -0.130. The highest BCUT2D eigenvalue weighted by molar-refractivity contribution is 7.99. The molecule has 4 heteroatoms. The molecule has 20 heavy (non-hydrogen) atoms. The lowest BCUT2D eigenvalue weighted by Gasteiger charge is -2.35. The average Bonchev–Trinajstić information content (AvgIpc) is 2.40. The molecular weight excluding hydrogens is 290 g/mol. The number of benzene rings is 1. The van der Waals surface area contributed by atoms with E-state index in [1.165, 1.54) is 12.0 Å². The van der Waals surface area contributed by atoms with Gasteiger partial charge in [-0.25, -0.2) is 0 Å². The van der Waals surface area contributed by atoms with Crippen LogP contribution in [0, 0.1) is 11.8 Å². The smallest absolute Gasteiger partial charge is 0.232 e. The van der Waals surface area contributed by atoms with Gasteiger partial charge in [0.05, 0.1) is 5.75 Å². The molecule has 110 valence electrons. The fourth-order valence-corrected chi connectivity index (χ4v) is 3.81. The summed E-state index contributed by atoms with van der Waals surface area (Å²) < 4.78 is 0. The van der Waals surface area contributed by atoms with Crippen molar-refractivity contribution < 1.29 is 4.79 Å². The number of carbonyl (C=O) groups is 1. The number of rotatable bonds is 4. The van der Waals surface area contributed by atoms with E-state index in [1.54, 1.807) is 11.8 Å². The molecule has 1 amide bonds. The first kappa shape index (κ1) is 15.7. The molecule has 0 saturated carbocycles. The molecule has 2 unspecified atom stereocenters. The van der Waals surface area contributed by atoms with Gasteiger partial charge in [-0.1, -0.05) is 37.6 Å². The predicted octanol–water partition coefficient (Wildman–Crippen LogP) is 4.08. The second kappa shape index (κ2) is 7.37. The maximum atomic E-state index is 12.2. The minimum atomic E-state index is 0.280. The molecule has 0 spiro atoms. The van der Waals surface area contributed by atoms with Gasteiger partial charge in [0, 0.05) is 23.9 Å². The van der Waals surface area contributed by atoms with Crippen molar-refractivity contribution in [2.45, 2.75) is 26.0 Å². The molecule has 1 aromatic rings. The van der Waals surface area contributed by atoms with Crippen LogP contribution in [0.5, 0.6) is 0 Å². The van der Waals surface area contributed by atoms with Gasteiger partial charge in [0.15, 0.2) is 0 Å². The van der Waals surface area contributed by atoms with Crippen molar-refractivity contribution in [2.75, 3.05) is 18.8 Å². The van der Waals surface area contributed by atoms with Crippen LogP contribution in [0.2, 0.25) is 5.02 Å². The van der Waals surface area contributed by atoms with Crippen LogP contribution in [0.1, 0.15) is 25.8 Å². The Morgan fingerprint density at radius 2 is 1.85 bits per heavy atom. The summed E-state index contributed by atoms with van der Waals surface area (Å²) in [5.74, 6) is 2.97. The Hall–Kier alpha value is -0.670. The molecule has 0 aromatic heterocycles. The Bertz CT molecular complexity index is 438. The zero-order valence-corrected chi connectivity index (χ0v) is 13.7. The molecule has 1 aliphatic heterocycles. The molecule has 1 fully saturated rings. The van der Waals surface area contributed by atoms with Crippen LogP contribution in [0.15, 0.2) is 24.3 Å². The summed E-state index contributed by atoms with van der Waals surface area (Å²) in [6, 6.07) is 7.83. The normalized spacial score (nSPS) is 22.9. The van der Waals surface area contributed by atoms with Gasteiger partial charge < -0.3 is 4.90 Å². The van der Waals surface area contributed by atoms with Gasteiger partial charge in [0.2, 0.25) is 5.91 Å². The molecule has 0 N–H and O–H groups in total. The molecule has 1 aromatic carbocycles. The van der Waals surface area contributed by atoms with Crippen molar-refractivity contribution in [3.63, 3.8) is 0 Å². The number of likely N-dealkylation sites (tertiary alicyclic amines) is 1. The standard InChI is InChI=1S/C16H22ClNOS/c1-12-7-13(2)9-18(8-12)16(19)11-20-10-14-3-5-15(17)6-4-14/h3-6,12-13H,7-11H2,1-2H3. The van der Waals surface area contributed by atoms with Crippen molar-refractivity contribution in [1.82, 2.24) is 4.90 Å². The summed E-state index contributed by atoms with van der Waals surface area (Å²) in [4.78, 5) is 14.3. The van der Waals surface area contributed by atoms with Crippen molar-refractivity contribution in [2.24, 2.45) is 11.8 Å². The predicted molar refractivity (Wildman–Crippen MR) is 87.1 cm³/mol. The molecule has 2 nitrogen and oxygen atoms in total. The maximum absolute atomic E-state index is 12.2. The summed E-state index contributed by atoms with van der Waals surface area (Å²) in [5, 5.41) is 0.756. The Kier molecular flexibility index (Phi) is 5.79. The zero-order chi connectivity index (χ0) is 14.5. The van der Waals surface area contributed by atoms with Gasteiger partial charge in [0.1, 0.15) is 0 Å². The minimum absolute atomic E-state index is 0.280. The summed E-state index contributed by atoms with van der Waals surface area (Å²) in [6.45, 7) is 6.31. The second-order valence-electron chi connectivity index (χ2n) is 5.86. The number of piperidine rings is 1. The van der Waals surface area contributed by atoms with Crippen LogP contribution in [0.3, 0.4) is 0 Å². The van der Waals surface area contributed by atoms with E-state index in [1.807, 2.05) is 29.2 Å². The summed E-state index contributed by atoms with van der Waals surface area (Å²) in [6.07, 6.45) is 1.24. The number of thioether (sulfide) groups is 1. The lowest BCUT2D eigenvalue weighted by Crippen LogP contribution is -2.43. The molecule has 0 aliphatic carbocycles. The van der Waals surface area contributed by atoms with Gasteiger partial charge in [-0.15, -0.1) is 11.8 Å². The Morgan fingerprint density at radius 3 is 2.45 bits per heavy atom. The number of hydrogen-bond donors (Lipinski definition) is 0. The van der Waals surface area contributed by atoms with Crippen molar-refractivity contribution in [3.8, 4) is 0 Å². The number of halogens is 1. The third-order valence-electron chi connectivity index (χ3n) is 3.63. The van der Waals surface area contributed by atoms with Crippen LogP contribution >= 0.6 is 23.4 Å². The monoisotopic (exact) mass is 311 g/mol. The van der Waals surface area contributed by atoms with Gasteiger partial charge in [-0.05, 0) is 36.0 Å². The van der Waals surface area contributed by atoms with Crippen molar-refractivity contribution in [1.29, 1.82) is 0 Å². The Balaban J connectivity index is 1.76. The Morgan fingerprint density at radius 1 is 1.25 bits per heavy atom. The lowest BCUT2D eigenvalue weighted by atomic mass is 9.92. The largest absolute Gasteiger partial charge is 0.341 e. The van der Waals surface area contributed by atoms with Crippen LogP contribution in [0.25, 0.3) is 0 Å². The van der Waals surface area contributed by atoms with E-state index in [2.05, 4.69) is 13.8 Å². The SMILES string of the molecule is CC1CC(C)CN(C(=O)CSCc2ccc(Cl)cc2)C1. The first-order valence-electron chi connectivity index (χ1n) is 7.14. The van der Waals surface area contributed by atoms with Gasteiger partial charge in [-0.2, -0.15) is 0 Å². The van der Waals surface area contributed by atoms with Crippen LogP contribution in [-0.4, -0.2) is 29.6 Å². The summed E-state index contributed by atoms with van der Waals surface area (Å²) >= 11 is 7.54. The third kappa shape index (κ3) is 4.71. The van der Waals surface area contributed by atoms with E-state index < -0.39 is 0 Å². The highest BCUT2D eigenvalue weighted by Gasteiger charge is 2.24. The van der Waals surface area contributed by atoms with Crippen LogP contribution in [0.4, 0.5) is 0 Å². The highest BCUT2D eigenvalue weighted by Crippen LogP contribution is 2.22. The summed E-state index contributed by atoms with van der Waals surface area (Å²) in [7, 11) is 0. The van der Waals surface area contributed by atoms with Crippen LogP contribution < -0.4 is 0 Å². The van der Waals surface area contributed by atoms with Gasteiger partial charge >= 0.3 is 0 Å². The molecule has 1 heterocycles.